The molecule has 21 heavy (non-hydrogen) atoms. The number of hydrogen-bond acceptors (Lipinski definition) is 4. The summed E-state index contributed by atoms with van der Waals surface area (Å²) in [5.41, 5.74) is 2.41. The van der Waals surface area contributed by atoms with Crippen LogP contribution in [0, 0.1) is 6.92 Å². The number of aromatic nitrogens is 1. The zero-order valence-electron chi connectivity index (χ0n) is 12.3. The van der Waals surface area contributed by atoms with Crippen LogP contribution < -0.4 is 11.1 Å². The molecule has 1 atom stereocenters. The van der Waals surface area contributed by atoms with Crippen molar-refractivity contribution in [3.8, 4) is 0 Å². The molecule has 2 aromatic heterocycles. The maximum Gasteiger partial charge on any atom is 0.419 e. The van der Waals surface area contributed by atoms with Gasteiger partial charge in [0.05, 0.1) is 11.6 Å². The highest BCUT2D eigenvalue weighted by molar-refractivity contribution is 5.74. The molecule has 0 aliphatic rings. The van der Waals surface area contributed by atoms with Gasteiger partial charge in [-0.3, -0.25) is 4.57 Å². The van der Waals surface area contributed by atoms with Gasteiger partial charge in [0, 0.05) is 6.54 Å². The van der Waals surface area contributed by atoms with Gasteiger partial charge in [-0.05, 0) is 50.7 Å². The van der Waals surface area contributed by atoms with E-state index in [1.165, 1.54) is 0 Å². The third-order valence-corrected chi connectivity index (χ3v) is 3.68. The number of hydrogen-bond donors (Lipinski definition) is 1. The van der Waals surface area contributed by atoms with Gasteiger partial charge in [-0.1, -0.05) is 6.07 Å². The summed E-state index contributed by atoms with van der Waals surface area (Å²) in [6.07, 6.45) is 0. The summed E-state index contributed by atoms with van der Waals surface area (Å²) in [5.74, 6) is 1.39. The van der Waals surface area contributed by atoms with Crippen LogP contribution in [-0.2, 0) is 6.54 Å². The summed E-state index contributed by atoms with van der Waals surface area (Å²) in [6, 6.07) is 9.61. The molecular formula is C16H18N2O3. The molecule has 5 nitrogen and oxygen atoms in total. The average molecular weight is 286 g/mol. The Kier molecular flexibility index (Phi) is 3.43. The lowest BCUT2D eigenvalue weighted by Gasteiger charge is -2.14. The second-order valence-corrected chi connectivity index (χ2v) is 5.01. The molecule has 0 amide bonds. The highest BCUT2D eigenvalue weighted by atomic mass is 16.4. The van der Waals surface area contributed by atoms with Crippen molar-refractivity contribution in [1.29, 1.82) is 0 Å². The van der Waals surface area contributed by atoms with Gasteiger partial charge in [0.25, 0.3) is 0 Å². The van der Waals surface area contributed by atoms with Crippen molar-refractivity contribution in [2.45, 2.75) is 26.4 Å². The summed E-state index contributed by atoms with van der Waals surface area (Å²) >= 11 is 0. The minimum Gasteiger partial charge on any atom is -0.464 e. The molecule has 0 fully saturated rings. The van der Waals surface area contributed by atoms with Crippen LogP contribution in [-0.4, -0.2) is 11.6 Å². The number of rotatable bonds is 4. The number of benzene rings is 1. The lowest BCUT2D eigenvalue weighted by Crippen LogP contribution is -2.17. The van der Waals surface area contributed by atoms with Gasteiger partial charge in [0.1, 0.15) is 11.5 Å². The molecule has 3 rings (SSSR count). The summed E-state index contributed by atoms with van der Waals surface area (Å²) in [4.78, 5) is 11.8. The first-order valence-corrected chi connectivity index (χ1v) is 7.01. The summed E-state index contributed by atoms with van der Waals surface area (Å²) in [7, 11) is 1.88. The van der Waals surface area contributed by atoms with Crippen molar-refractivity contribution in [2.24, 2.45) is 0 Å². The predicted molar refractivity (Wildman–Crippen MR) is 80.5 cm³/mol. The number of nitrogens with one attached hydrogen (secondary N) is 1. The largest absolute Gasteiger partial charge is 0.464 e. The fourth-order valence-corrected chi connectivity index (χ4v) is 2.64. The Labute approximate surface area is 122 Å². The van der Waals surface area contributed by atoms with E-state index in [0.717, 1.165) is 22.6 Å². The first-order chi connectivity index (χ1) is 10.1. The van der Waals surface area contributed by atoms with Crippen LogP contribution in [0.5, 0.6) is 0 Å². The van der Waals surface area contributed by atoms with Gasteiger partial charge in [0.15, 0.2) is 5.58 Å². The van der Waals surface area contributed by atoms with Crippen LogP contribution in [0.3, 0.4) is 0 Å². The SMILES string of the molecule is CCn1c(=O)oc2cc(C(NC)c3ccc(C)o3)ccc21. The third-order valence-electron chi connectivity index (χ3n) is 3.68. The monoisotopic (exact) mass is 286 g/mol. The number of fused-ring (bicyclic) bond motifs is 1. The normalized spacial score (nSPS) is 12.9. The zero-order chi connectivity index (χ0) is 15.0. The second kappa shape index (κ2) is 5.26. The van der Waals surface area contributed by atoms with E-state index in [0.29, 0.717) is 12.1 Å². The summed E-state index contributed by atoms with van der Waals surface area (Å²) in [6.45, 7) is 4.43. The van der Waals surface area contributed by atoms with Gasteiger partial charge in [-0.25, -0.2) is 4.79 Å². The first-order valence-electron chi connectivity index (χ1n) is 7.01. The molecule has 0 bridgehead atoms. The lowest BCUT2D eigenvalue weighted by atomic mass is 10.0. The van der Waals surface area contributed by atoms with Crippen LogP contribution >= 0.6 is 0 Å². The van der Waals surface area contributed by atoms with Crippen LogP contribution in [0.2, 0.25) is 0 Å². The molecule has 5 heteroatoms. The average Bonchev–Trinajstić information content (AvgIpc) is 3.02. The Morgan fingerprint density at radius 2 is 2.05 bits per heavy atom. The summed E-state index contributed by atoms with van der Waals surface area (Å²) in [5, 5.41) is 3.23. The van der Waals surface area contributed by atoms with E-state index in [1.54, 1.807) is 4.57 Å². The van der Waals surface area contributed by atoms with Gasteiger partial charge >= 0.3 is 5.76 Å². The second-order valence-electron chi connectivity index (χ2n) is 5.01. The molecule has 1 unspecified atom stereocenters. The van der Waals surface area contributed by atoms with Crippen molar-refractivity contribution in [1.82, 2.24) is 9.88 Å². The molecule has 1 N–H and O–H groups in total. The molecule has 1 aromatic carbocycles. The number of aryl methyl sites for hydroxylation is 2. The molecule has 0 spiro atoms. The lowest BCUT2D eigenvalue weighted by molar-refractivity contribution is 0.444. The maximum absolute atomic E-state index is 11.8. The van der Waals surface area contributed by atoms with E-state index in [1.807, 2.05) is 51.2 Å². The van der Waals surface area contributed by atoms with Gasteiger partial charge < -0.3 is 14.2 Å². The number of furan rings is 1. The first kappa shape index (κ1) is 13.7. The standard InChI is InChI=1S/C16H18N2O3/c1-4-18-12-7-6-11(9-14(12)21-16(18)19)15(17-3)13-8-5-10(2)20-13/h5-9,15,17H,4H2,1-3H3. The maximum atomic E-state index is 11.8. The van der Waals surface area contributed by atoms with E-state index < -0.39 is 0 Å². The third kappa shape index (κ3) is 2.29. The van der Waals surface area contributed by atoms with E-state index in [-0.39, 0.29) is 11.8 Å². The molecule has 0 saturated carbocycles. The van der Waals surface area contributed by atoms with Crippen molar-refractivity contribution in [3.05, 3.63) is 58.0 Å². The quantitative estimate of drug-likeness (QED) is 0.801. The topological polar surface area (TPSA) is 60.3 Å². The Hall–Kier alpha value is -2.27. The molecule has 0 aliphatic heterocycles. The Bertz CT molecular complexity index is 826. The molecule has 0 aliphatic carbocycles. The van der Waals surface area contributed by atoms with Gasteiger partial charge in [0.2, 0.25) is 0 Å². The molecule has 3 aromatic rings. The van der Waals surface area contributed by atoms with Gasteiger partial charge in [-0.2, -0.15) is 0 Å². The smallest absolute Gasteiger partial charge is 0.419 e. The van der Waals surface area contributed by atoms with Crippen LogP contribution in [0.4, 0.5) is 0 Å². The van der Waals surface area contributed by atoms with Crippen molar-refractivity contribution in [2.75, 3.05) is 7.05 Å². The summed E-state index contributed by atoms with van der Waals surface area (Å²) < 4.78 is 12.6. The molecule has 0 saturated heterocycles. The highest BCUT2D eigenvalue weighted by Gasteiger charge is 2.17. The minimum atomic E-state index is -0.320. The number of oxazole rings is 1. The van der Waals surface area contributed by atoms with Crippen molar-refractivity contribution >= 4 is 11.1 Å². The molecule has 0 radical (unpaired) electrons. The Balaban J connectivity index is 2.09. The minimum absolute atomic E-state index is 0.0709. The van der Waals surface area contributed by atoms with E-state index >= 15 is 0 Å². The molecular weight excluding hydrogens is 268 g/mol. The molecule has 110 valence electrons. The van der Waals surface area contributed by atoms with E-state index in [4.69, 9.17) is 8.83 Å². The fraction of sp³-hybridized carbons (Fsp3) is 0.312. The predicted octanol–water partition coefficient (Wildman–Crippen LogP) is 2.82. The Morgan fingerprint density at radius 3 is 2.67 bits per heavy atom. The highest BCUT2D eigenvalue weighted by Crippen LogP contribution is 2.26. The van der Waals surface area contributed by atoms with E-state index in [9.17, 15) is 4.79 Å². The van der Waals surface area contributed by atoms with E-state index in [2.05, 4.69) is 5.32 Å². The van der Waals surface area contributed by atoms with Gasteiger partial charge in [-0.15, -0.1) is 0 Å². The van der Waals surface area contributed by atoms with Crippen LogP contribution in [0.15, 0.2) is 44.0 Å². The van der Waals surface area contributed by atoms with Crippen LogP contribution in [0.25, 0.3) is 11.1 Å². The number of nitrogens with zero attached hydrogens (tertiary/aromatic N) is 1. The zero-order valence-corrected chi connectivity index (χ0v) is 12.3. The van der Waals surface area contributed by atoms with Crippen LogP contribution in [0.1, 0.15) is 30.0 Å². The van der Waals surface area contributed by atoms with Crippen molar-refractivity contribution < 1.29 is 8.83 Å². The molecule has 2 heterocycles. The fourth-order valence-electron chi connectivity index (χ4n) is 2.64. The Morgan fingerprint density at radius 1 is 1.24 bits per heavy atom. The van der Waals surface area contributed by atoms with Crippen molar-refractivity contribution in [3.63, 3.8) is 0 Å².